The number of carbonyl (C=O) groups is 2. The molecule has 152 valence electrons. The fraction of sp³-hybridized carbons (Fsp3) is 0.286. The minimum atomic E-state index is -1.53. The maximum Gasteiger partial charge on any atom is 0.275 e. The molecule has 1 aliphatic carbocycles. The van der Waals surface area contributed by atoms with E-state index in [0.29, 0.717) is 10.6 Å². The summed E-state index contributed by atoms with van der Waals surface area (Å²) in [5, 5.41) is 28.3. The average molecular weight is 421 g/mol. The largest absolute Gasteiger partial charge is 0.543 e. The van der Waals surface area contributed by atoms with Gasteiger partial charge in [0.25, 0.3) is 5.56 Å². The Morgan fingerprint density at radius 2 is 1.93 bits per heavy atom. The first kappa shape index (κ1) is 19.8. The van der Waals surface area contributed by atoms with E-state index in [2.05, 4.69) is 16.5 Å². The van der Waals surface area contributed by atoms with Gasteiger partial charge in [0.2, 0.25) is 5.91 Å². The number of anilines is 1. The minimum absolute atomic E-state index is 0.139. The van der Waals surface area contributed by atoms with Gasteiger partial charge in [-0.3, -0.25) is 9.59 Å². The van der Waals surface area contributed by atoms with Crippen LogP contribution < -0.4 is 16.0 Å². The van der Waals surface area contributed by atoms with Crippen LogP contribution in [0.3, 0.4) is 0 Å². The fourth-order valence-electron chi connectivity index (χ4n) is 3.74. The number of fused-ring (bicyclic) bond motifs is 2. The molecule has 0 aliphatic heterocycles. The quantitative estimate of drug-likeness (QED) is 0.637. The Morgan fingerprint density at radius 3 is 2.67 bits per heavy atom. The molecule has 0 saturated heterocycles. The molecule has 9 heteroatoms. The van der Waals surface area contributed by atoms with Crippen LogP contribution in [-0.2, 0) is 24.2 Å². The lowest BCUT2D eigenvalue weighted by atomic mass is 10.1. The van der Waals surface area contributed by atoms with Crippen molar-refractivity contribution in [2.24, 2.45) is 0 Å². The van der Waals surface area contributed by atoms with Crippen molar-refractivity contribution in [3.8, 4) is 6.07 Å². The molecule has 0 unspecified atom stereocenters. The SMILES string of the molecule is N#Cc1c(NC(=O)Cn2nc(C(=O)[O-])c3ccccc3c2=O)sc2c1CCCCC2. The van der Waals surface area contributed by atoms with E-state index in [9.17, 15) is 24.8 Å². The number of aromatic nitrogens is 2. The molecule has 3 aromatic rings. The summed E-state index contributed by atoms with van der Waals surface area (Å²) in [6.07, 6.45) is 4.87. The molecule has 1 N–H and O–H groups in total. The first-order chi connectivity index (χ1) is 14.5. The van der Waals surface area contributed by atoms with Crippen LogP contribution >= 0.6 is 11.3 Å². The molecule has 1 aliphatic rings. The van der Waals surface area contributed by atoms with Crippen molar-refractivity contribution in [3.63, 3.8) is 0 Å². The predicted molar refractivity (Wildman–Crippen MR) is 109 cm³/mol. The zero-order valence-corrected chi connectivity index (χ0v) is 16.8. The van der Waals surface area contributed by atoms with E-state index in [4.69, 9.17) is 0 Å². The smallest absolute Gasteiger partial charge is 0.275 e. The fourth-order valence-corrected chi connectivity index (χ4v) is 5.00. The Morgan fingerprint density at radius 1 is 1.20 bits per heavy atom. The van der Waals surface area contributed by atoms with Gasteiger partial charge >= 0.3 is 0 Å². The maximum absolute atomic E-state index is 12.7. The van der Waals surface area contributed by atoms with E-state index >= 15 is 0 Å². The molecule has 0 bridgehead atoms. The molecule has 2 aromatic heterocycles. The molecule has 0 spiro atoms. The third kappa shape index (κ3) is 3.57. The van der Waals surface area contributed by atoms with Gasteiger partial charge in [0.15, 0.2) is 0 Å². The summed E-state index contributed by atoms with van der Waals surface area (Å²) >= 11 is 1.39. The Kier molecular flexibility index (Phi) is 5.33. The van der Waals surface area contributed by atoms with Gasteiger partial charge in [-0.2, -0.15) is 10.4 Å². The van der Waals surface area contributed by atoms with Gasteiger partial charge in [0.1, 0.15) is 23.3 Å². The van der Waals surface area contributed by atoms with Gasteiger partial charge in [-0.05, 0) is 37.3 Å². The van der Waals surface area contributed by atoms with Crippen LogP contribution in [0, 0.1) is 11.3 Å². The summed E-state index contributed by atoms with van der Waals surface area (Å²) in [7, 11) is 0. The lowest BCUT2D eigenvalue weighted by Crippen LogP contribution is -2.34. The number of hydrogen-bond acceptors (Lipinski definition) is 7. The first-order valence-electron chi connectivity index (χ1n) is 9.55. The number of aromatic carboxylic acids is 1. The number of amides is 1. The summed E-state index contributed by atoms with van der Waals surface area (Å²) in [6.45, 7) is -0.475. The Hall–Kier alpha value is -3.51. The second-order valence-electron chi connectivity index (χ2n) is 7.07. The summed E-state index contributed by atoms with van der Waals surface area (Å²) in [5.41, 5.74) is 0.488. The van der Waals surface area contributed by atoms with E-state index < -0.39 is 29.7 Å². The van der Waals surface area contributed by atoms with Crippen LogP contribution in [0.4, 0.5) is 5.00 Å². The minimum Gasteiger partial charge on any atom is -0.543 e. The number of carboxylic acids is 1. The number of aryl methyl sites for hydroxylation is 1. The van der Waals surface area contributed by atoms with Crippen LogP contribution in [0.25, 0.3) is 10.8 Å². The Balaban J connectivity index is 1.65. The molecule has 8 nitrogen and oxygen atoms in total. The Bertz CT molecular complexity index is 1270. The number of carboxylic acid groups (broad SMARTS) is 1. The van der Waals surface area contributed by atoms with Crippen molar-refractivity contribution < 1.29 is 14.7 Å². The molecular weight excluding hydrogens is 404 g/mol. The molecule has 4 rings (SSSR count). The lowest BCUT2D eigenvalue weighted by molar-refractivity contribution is -0.255. The molecule has 1 aromatic carbocycles. The summed E-state index contributed by atoms with van der Waals surface area (Å²) in [4.78, 5) is 37.9. The van der Waals surface area contributed by atoms with E-state index in [-0.39, 0.29) is 10.8 Å². The maximum atomic E-state index is 12.7. The van der Waals surface area contributed by atoms with Crippen LogP contribution in [-0.4, -0.2) is 21.7 Å². The second kappa shape index (κ2) is 8.08. The zero-order chi connectivity index (χ0) is 21.3. The summed E-state index contributed by atoms with van der Waals surface area (Å²) in [5.74, 6) is -2.09. The highest BCUT2D eigenvalue weighted by Crippen LogP contribution is 2.36. The number of rotatable bonds is 4. The van der Waals surface area contributed by atoms with E-state index in [1.807, 2.05) is 0 Å². The molecule has 0 radical (unpaired) electrons. The van der Waals surface area contributed by atoms with Crippen molar-refractivity contribution in [2.75, 3.05) is 5.32 Å². The van der Waals surface area contributed by atoms with E-state index in [0.717, 1.165) is 47.2 Å². The molecule has 2 heterocycles. The number of thiophene rings is 1. The molecule has 0 fully saturated rings. The predicted octanol–water partition coefficient (Wildman–Crippen LogP) is 1.60. The third-order valence-electron chi connectivity index (χ3n) is 5.14. The first-order valence-corrected chi connectivity index (χ1v) is 10.4. The van der Waals surface area contributed by atoms with Crippen molar-refractivity contribution in [2.45, 2.75) is 38.6 Å². The van der Waals surface area contributed by atoms with Crippen LogP contribution in [0.2, 0.25) is 0 Å². The van der Waals surface area contributed by atoms with Crippen molar-refractivity contribution >= 4 is 39.0 Å². The number of benzene rings is 1. The van der Waals surface area contributed by atoms with Crippen molar-refractivity contribution in [3.05, 3.63) is 56.3 Å². The third-order valence-corrected chi connectivity index (χ3v) is 6.35. The molecule has 30 heavy (non-hydrogen) atoms. The van der Waals surface area contributed by atoms with Crippen LogP contribution in [0.5, 0.6) is 0 Å². The van der Waals surface area contributed by atoms with Gasteiger partial charge in [-0.25, -0.2) is 4.68 Å². The van der Waals surface area contributed by atoms with E-state index in [1.165, 1.54) is 23.5 Å². The normalized spacial score (nSPS) is 13.3. The molecule has 0 saturated carbocycles. The zero-order valence-electron chi connectivity index (χ0n) is 15.9. The number of carbonyl (C=O) groups excluding carboxylic acids is 2. The standard InChI is InChI=1S/C21H18N4O4S/c22-10-15-12-6-2-1-3-9-16(12)30-19(15)23-17(26)11-25-20(27)14-8-5-4-7-13(14)18(24-25)21(28)29/h4-5,7-8H,1-3,6,9,11H2,(H,23,26)(H,28,29)/p-1. The van der Waals surface area contributed by atoms with Gasteiger partial charge in [0.05, 0.1) is 16.9 Å². The van der Waals surface area contributed by atoms with Gasteiger partial charge < -0.3 is 15.2 Å². The van der Waals surface area contributed by atoms with E-state index in [1.54, 1.807) is 12.1 Å². The van der Waals surface area contributed by atoms with Gasteiger partial charge in [-0.1, -0.05) is 24.6 Å². The lowest BCUT2D eigenvalue weighted by Gasteiger charge is -2.11. The highest BCUT2D eigenvalue weighted by molar-refractivity contribution is 7.16. The van der Waals surface area contributed by atoms with Crippen LogP contribution in [0.15, 0.2) is 29.1 Å². The van der Waals surface area contributed by atoms with Crippen LogP contribution in [0.1, 0.15) is 45.8 Å². The van der Waals surface area contributed by atoms with Crippen molar-refractivity contribution in [1.29, 1.82) is 5.26 Å². The van der Waals surface area contributed by atoms with Gasteiger partial charge in [-0.15, -0.1) is 11.3 Å². The number of nitrogens with zero attached hydrogens (tertiary/aromatic N) is 3. The topological polar surface area (TPSA) is 128 Å². The number of nitriles is 1. The molecule has 0 atom stereocenters. The summed E-state index contributed by atoms with van der Waals surface area (Å²) < 4.78 is 0.813. The average Bonchev–Trinajstić information content (AvgIpc) is 2.89. The monoisotopic (exact) mass is 421 g/mol. The molecule has 1 amide bonds. The van der Waals surface area contributed by atoms with Crippen molar-refractivity contribution in [1.82, 2.24) is 9.78 Å². The van der Waals surface area contributed by atoms with Gasteiger partial charge in [0, 0.05) is 10.3 Å². The highest BCUT2D eigenvalue weighted by Gasteiger charge is 2.21. The highest BCUT2D eigenvalue weighted by atomic mass is 32.1. The molecular formula is C21H17N4O4S-. The summed E-state index contributed by atoms with van der Waals surface area (Å²) in [6, 6.07) is 8.33. The number of hydrogen-bond donors (Lipinski definition) is 1. The Labute approximate surface area is 175 Å². The second-order valence-corrected chi connectivity index (χ2v) is 8.18. The number of nitrogens with one attached hydrogen (secondary N) is 1.